The summed E-state index contributed by atoms with van der Waals surface area (Å²) in [4.78, 5) is 0. The summed E-state index contributed by atoms with van der Waals surface area (Å²) in [6.45, 7) is 9.88. The van der Waals surface area contributed by atoms with Gasteiger partial charge in [-0.05, 0) is 26.3 Å². The SMILES string of the molecule is CCC(I)C(C)(S)CCNC(C)C. The van der Waals surface area contributed by atoms with Gasteiger partial charge in [0.25, 0.3) is 0 Å². The Labute approximate surface area is 102 Å². The number of halogens is 1. The first-order valence-corrected chi connectivity index (χ1v) is 6.69. The van der Waals surface area contributed by atoms with Gasteiger partial charge in [-0.2, -0.15) is 12.6 Å². The third-order valence-electron chi connectivity index (χ3n) is 2.22. The molecule has 0 aromatic rings. The fraction of sp³-hybridized carbons (Fsp3) is 1.00. The van der Waals surface area contributed by atoms with Crippen molar-refractivity contribution in [2.75, 3.05) is 6.54 Å². The summed E-state index contributed by atoms with van der Waals surface area (Å²) in [6, 6.07) is 0.582. The Morgan fingerprint density at radius 2 is 2.00 bits per heavy atom. The molecule has 0 saturated heterocycles. The van der Waals surface area contributed by atoms with E-state index >= 15 is 0 Å². The summed E-state index contributed by atoms with van der Waals surface area (Å²) >= 11 is 7.22. The smallest absolute Gasteiger partial charge is 0.0249 e. The Morgan fingerprint density at radius 1 is 1.46 bits per heavy atom. The highest BCUT2D eigenvalue weighted by Crippen LogP contribution is 2.30. The molecule has 0 rings (SSSR count). The van der Waals surface area contributed by atoms with Crippen LogP contribution in [0.4, 0.5) is 0 Å². The molecule has 0 saturated carbocycles. The second-order valence-corrected chi connectivity index (χ2v) is 6.62. The van der Waals surface area contributed by atoms with Gasteiger partial charge in [0.05, 0.1) is 0 Å². The second kappa shape index (κ2) is 6.51. The number of nitrogens with one attached hydrogen (secondary N) is 1. The molecule has 0 fully saturated rings. The summed E-state index contributed by atoms with van der Waals surface area (Å²) in [7, 11) is 0. The van der Waals surface area contributed by atoms with E-state index in [1.165, 1.54) is 6.42 Å². The third kappa shape index (κ3) is 6.18. The van der Waals surface area contributed by atoms with Crippen LogP contribution in [0.5, 0.6) is 0 Å². The van der Waals surface area contributed by atoms with Crippen molar-refractivity contribution in [3.63, 3.8) is 0 Å². The maximum absolute atomic E-state index is 4.72. The minimum Gasteiger partial charge on any atom is -0.314 e. The third-order valence-corrected chi connectivity index (χ3v) is 5.50. The van der Waals surface area contributed by atoms with Gasteiger partial charge in [-0.25, -0.2) is 0 Å². The number of hydrogen-bond donors (Lipinski definition) is 2. The maximum atomic E-state index is 4.72. The van der Waals surface area contributed by atoms with E-state index in [0.717, 1.165) is 13.0 Å². The lowest BCUT2D eigenvalue weighted by atomic mass is 10.0. The zero-order valence-corrected chi connectivity index (χ0v) is 12.2. The normalized spacial score (nSPS) is 18.7. The molecule has 1 nitrogen and oxygen atoms in total. The van der Waals surface area contributed by atoms with Gasteiger partial charge in [0.15, 0.2) is 0 Å². The summed E-state index contributed by atoms with van der Waals surface area (Å²) in [5.41, 5.74) is 0. The van der Waals surface area contributed by atoms with Crippen LogP contribution in [0.3, 0.4) is 0 Å². The first-order valence-electron chi connectivity index (χ1n) is 5.00. The number of rotatable bonds is 6. The molecule has 13 heavy (non-hydrogen) atoms. The van der Waals surface area contributed by atoms with Gasteiger partial charge in [-0.3, -0.25) is 0 Å². The topological polar surface area (TPSA) is 12.0 Å². The van der Waals surface area contributed by atoms with Crippen LogP contribution in [-0.2, 0) is 0 Å². The van der Waals surface area contributed by atoms with E-state index in [1.54, 1.807) is 0 Å². The van der Waals surface area contributed by atoms with Gasteiger partial charge in [0.2, 0.25) is 0 Å². The molecule has 2 atom stereocenters. The van der Waals surface area contributed by atoms with Gasteiger partial charge < -0.3 is 5.32 Å². The van der Waals surface area contributed by atoms with Crippen molar-refractivity contribution >= 4 is 35.2 Å². The predicted molar refractivity (Wildman–Crippen MR) is 73.2 cm³/mol. The minimum absolute atomic E-state index is 0.164. The van der Waals surface area contributed by atoms with Gasteiger partial charge in [-0.1, -0.05) is 43.4 Å². The van der Waals surface area contributed by atoms with Crippen LogP contribution in [0.25, 0.3) is 0 Å². The largest absolute Gasteiger partial charge is 0.314 e. The zero-order valence-electron chi connectivity index (χ0n) is 9.10. The maximum Gasteiger partial charge on any atom is 0.0249 e. The predicted octanol–water partition coefficient (Wildman–Crippen LogP) is 3.28. The molecule has 3 heteroatoms. The first-order chi connectivity index (χ1) is 5.90. The molecular formula is C10H22INS. The Balaban J connectivity index is 3.75. The Kier molecular flexibility index (Phi) is 7.03. The van der Waals surface area contributed by atoms with Crippen molar-refractivity contribution in [3.8, 4) is 0 Å². The molecule has 0 aromatic carbocycles. The molecule has 2 unspecified atom stereocenters. The fourth-order valence-electron chi connectivity index (χ4n) is 1.21. The van der Waals surface area contributed by atoms with Gasteiger partial charge >= 0.3 is 0 Å². The van der Waals surface area contributed by atoms with E-state index in [1.807, 2.05) is 0 Å². The van der Waals surface area contributed by atoms with Crippen LogP contribution in [-0.4, -0.2) is 21.3 Å². The van der Waals surface area contributed by atoms with E-state index < -0.39 is 0 Å². The summed E-state index contributed by atoms with van der Waals surface area (Å²) in [6.07, 6.45) is 2.33. The van der Waals surface area contributed by atoms with Crippen LogP contribution >= 0.6 is 35.2 Å². The van der Waals surface area contributed by atoms with Crippen molar-refractivity contribution in [1.29, 1.82) is 0 Å². The standard InChI is InChI=1S/C10H22INS/c1-5-9(11)10(4,13)6-7-12-8(2)3/h8-9,12-13H,5-7H2,1-4H3. The van der Waals surface area contributed by atoms with E-state index in [0.29, 0.717) is 9.97 Å². The van der Waals surface area contributed by atoms with Gasteiger partial charge in [0, 0.05) is 14.7 Å². The van der Waals surface area contributed by atoms with E-state index in [9.17, 15) is 0 Å². The van der Waals surface area contributed by atoms with Crippen molar-refractivity contribution in [2.24, 2.45) is 0 Å². The molecule has 0 radical (unpaired) electrons. The Hall–Kier alpha value is 1.04. The van der Waals surface area contributed by atoms with Crippen LogP contribution in [0, 0.1) is 0 Å². The van der Waals surface area contributed by atoms with Crippen LogP contribution in [0.1, 0.15) is 40.5 Å². The Bertz CT molecular complexity index is 137. The summed E-state index contributed by atoms with van der Waals surface area (Å²) in [5, 5.41) is 3.43. The van der Waals surface area contributed by atoms with E-state index in [-0.39, 0.29) is 4.75 Å². The highest BCUT2D eigenvalue weighted by molar-refractivity contribution is 14.1. The zero-order chi connectivity index (χ0) is 10.5. The summed E-state index contributed by atoms with van der Waals surface area (Å²) in [5.74, 6) is 0. The fourth-order valence-corrected chi connectivity index (χ4v) is 1.82. The van der Waals surface area contributed by atoms with Gasteiger partial charge in [-0.15, -0.1) is 0 Å². The number of alkyl halides is 1. The molecular weight excluding hydrogens is 293 g/mol. The average molecular weight is 315 g/mol. The second-order valence-electron chi connectivity index (χ2n) is 4.09. The molecule has 0 aliphatic heterocycles. The molecule has 0 bridgehead atoms. The van der Waals surface area contributed by atoms with E-state index in [4.69, 9.17) is 12.6 Å². The molecule has 0 spiro atoms. The van der Waals surface area contributed by atoms with Crippen molar-refractivity contribution in [3.05, 3.63) is 0 Å². The molecule has 0 aromatic heterocycles. The molecule has 80 valence electrons. The molecule has 0 aliphatic carbocycles. The summed E-state index contributed by atoms with van der Waals surface area (Å²) < 4.78 is 0.819. The number of hydrogen-bond acceptors (Lipinski definition) is 2. The van der Waals surface area contributed by atoms with Crippen molar-refractivity contribution in [1.82, 2.24) is 5.32 Å². The van der Waals surface area contributed by atoms with Crippen LogP contribution in [0.15, 0.2) is 0 Å². The lowest BCUT2D eigenvalue weighted by molar-refractivity contribution is 0.502. The quantitative estimate of drug-likeness (QED) is 0.435. The minimum atomic E-state index is 0.164. The highest BCUT2D eigenvalue weighted by Gasteiger charge is 2.26. The molecule has 0 heterocycles. The van der Waals surface area contributed by atoms with Crippen LogP contribution in [0.2, 0.25) is 0 Å². The molecule has 0 amide bonds. The molecule has 0 aliphatic rings. The van der Waals surface area contributed by atoms with Crippen LogP contribution < -0.4 is 5.32 Å². The van der Waals surface area contributed by atoms with Crippen molar-refractivity contribution < 1.29 is 0 Å². The lowest BCUT2D eigenvalue weighted by Gasteiger charge is -2.29. The number of thiol groups is 1. The van der Waals surface area contributed by atoms with E-state index in [2.05, 4.69) is 55.6 Å². The van der Waals surface area contributed by atoms with Gasteiger partial charge in [0.1, 0.15) is 0 Å². The van der Waals surface area contributed by atoms with Crippen molar-refractivity contribution in [2.45, 2.75) is 55.3 Å². The average Bonchev–Trinajstić information content (AvgIpc) is 2.01. The monoisotopic (exact) mass is 315 g/mol. The highest BCUT2D eigenvalue weighted by atomic mass is 127. The Morgan fingerprint density at radius 3 is 2.38 bits per heavy atom. The lowest BCUT2D eigenvalue weighted by Crippen LogP contribution is -2.34. The molecule has 1 N–H and O–H groups in total. The first kappa shape index (κ1) is 14.0.